The Morgan fingerprint density at radius 3 is 2.59 bits per heavy atom. The molecular formula is C23H20O6. The molecule has 0 aliphatic carbocycles. The van der Waals surface area contributed by atoms with Crippen molar-refractivity contribution in [3.8, 4) is 17.1 Å². The van der Waals surface area contributed by atoms with Gasteiger partial charge in [0.25, 0.3) is 0 Å². The smallest absolute Gasteiger partial charge is 0.303 e. The maximum absolute atomic E-state index is 12.8. The van der Waals surface area contributed by atoms with Crippen LogP contribution in [0.2, 0.25) is 0 Å². The highest BCUT2D eigenvalue weighted by molar-refractivity contribution is 5.85. The van der Waals surface area contributed by atoms with Gasteiger partial charge in [-0.1, -0.05) is 30.3 Å². The van der Waals surface area contributed by atoms with Crippen molar-refractivity contribution >= 4 is 16.9 Å². The van der Waals surface area contributed by atoms with Gasteiger partial charge in [0.1, 0.15) is 28.8 Å². The number of hydrogen-bond acceptors (Lipinski definition) is 6. The lowest BCUT2D eigenvalue weighted by atomic mass is 9.87. The second kappa shape index (κ2) is 6.19. The van der Waals surface area contributed by atoms with Crippen LogP contribution in [0.25, 0.3) is 22.3 Å². The van der Waals surface area contributed by atoms with E-state index in [2.05, 4.69) is 0 Å². The largest absolute Gasteiger partial charge is 0.464 e. The van der Waals surface area contributed by atoms with Crippen LogP contribution in [-0.2, 0) is 14.3 Å². The SMILES string of the molecule is CC(=O)O[C@@H]1[C@@H]2c3c(ccc4c(=O)cc(-c5ccccc5)oc34)O[C@@H]2OC1(C)C. The molecule has 1 fully saturated rings. The van der Waals surface area contributed by atoms with E-state index < -0.39 is 24.0 Å². The molecule has 0 saturated carbocycles. The number of carbonyl (C=O) groups excluding carboxylic acids is 1. The molecular weight excluding hydrogens is 372 g/mol. The molecule has 2 aliphatic heterocycles. The highest BCUT2D eigenvalue weighted by atomic mass is 16.7. The second-order valence-corrected chi connectivity index (χ2v) is 7.96. The van der Waals surface area contributed by atoms with Gasteiger partial charge < -0.3 is 18.6 Å². The Balaban J connectivity index is 1.74. The highest BCUT2D eigenvalue weighted by Crippen LogP contribution is 2.53. The lowest BCUT2D eigenvalue weighted by molar-refractivity contribution is -0.159. The molecule has 148 valence electrons. The first kappa shape index (κ1) is 17.9. The van der Waals surface area contributed by atoms with Crippen LogP contribution in [0.1, 0.15) is 32.3 Å². The number of ether oxygens (including phenoxy) is 3. The molecule has 1 saturated heterocycles. The summed E-state index contributed by atoms with van der Waals surface area (Å²) in [6, 6.07) is 14.4. The van der Waals surface area contributed by atoms with E-state index in [9.17, 15) is 9.59 Å². The molecule has 6 heteroatoms. The molecule has 6 nitrogen and oxygen atoms in total. The van der Waals surface area contributed by atoms with Crippen molar-refractivity contribution in [2.24, 2.45) is 0 Å². The van der Waals surface area contributed by atoms with E-state index in [0.717, 1.165) is 5.56 Å². The van der Waals surface area contributed by atoms with E-state index in [4.69, 9.17) is 18.6 Å². The van der Waals surface area contributed by atoms with E-state index >= 15 is 0 Å². The summed E-state index contributed by atoms with van der Waals surface area (Å²) < 4.78 is 23.9. The standard InChI is InChI=1S/C23H20O6/c1-12(24)26-21-19-18-16(28-22(19)29-23(21,2)3)10-9-14-15(25)11-17(27-20(14)18)13-7-5-4-6-8-13/h4-11,19,21-22H,1-3H3/t19-,21+,22+/m0/s1. The van der Waals surface area contributed by atoms with E-state index in [1.807, 2.05) is 44.2 Å². The van der Waals surface area contributed by atoms with Gasteiger partial charge in [-0.2, -0.15) is 0 Å². The van der Waals surface area contributed by atoms with E-state index in [1.54, 1.807) is 12.1 Å². The van der Waals surface area contributed by atoms with Crippen LogP contribution in [0, 0.1) is 0 Å². The lowest BCUT2D eigenvalue weighted by Gasteiger charge is -2.27. The van der Waals surface area contributed by atoms with Gasteiger partial charge in [-0.3, -0.25) is 9.59 Å². The molecule has 0 amide bonds. The summed E-state index contributed by atoms with van der Waals surface area (Å²) in [4.78, 5) is 24.6. The third kappa shape index (κ3) is 2.75. The summed E-state index contributed by atoms with van der Waals surface area (Å²) in [6.45, 7) is 5.09. The zero-order chi connectivity index (χ0) is 20.3. The molecule has 0 bridgehead atoms. The third-order valence-electron chi connectivity index (χ3n) is 5.55. The zero-order valence-electron chi connectivity index (χ0n) is 16.3. The molecule has 0 N–H and O–H groups in total. The van der Waals surface area contributed by atoms with Crippen LogP contribution in [0.15, 0.2) is 57.7 Å². The number of benzene rings is 2. The topological polar surface area (TPSA) is 75.0 Å². The first-order valence-electron chi connectivity index (χ1n) is 9.53. The molecule has 2 aromatic carbocycles. The van der Waals surface area contributed by atoms with E-state index in [-0.39, 0.29) is 11.3 Å². The number of carbonyl (C=O) groups is 1. The summed E-state index contributed by atoms with van der Waals surface area (Å²) in [5.74, 6) is 0.268. The average molecular weight is 392 g/mol. The minimum absolute atomic E-state index is 0.140. The summed E-state index contributed by atoms with van der Waals surface area (Å²) >= 11 is 0. The quantitative estimate of drug-likeness (QED) is 0.614. The molecule has 3 atom stereocenters. The van der Waals surface area contributed by atoms with Crippen molar-refractivity contribution in [1.29, 1.82) is 0 Å². The van der Waals surface area contributed by atoms with Gasteiger partial charge in [0.2, 0.25) is 6.29 Å². The highest BCUT2D eigenvalue weighted by Gasteiger charge is 2.58. The lowest BCUT2D eigenvalue weighted by Crippen LogP contribution is -2.38. The molecule has 0 spiro atoms. The number of esters is 1. The molecule has 5 rings (SSSR count). The van der Waals surface area contributed by atoms with Gasteiger partial charge >= 0.3 is 5.97 Å². The Bertz CT molecular complexity index is 1180. The fourth-order valence-corrected chi connectivity index (χ4v) is 4.30. The van der Waals surface area contributed by atoms with Crippen molar-refractivity contribution in [2.75, 3.05) is 0 Å². The van der Waals surface area contributed by atoms with Crippen molar-refractivity contribution in [3.05, 3.63) is 64.3 Å². The Hall–Kier alpha value is -3.12. The van der Waals surface area contributed by atoms with Crippen molar-refractivity contribution in [3.63, 3.8) is 0 Å². The molecule has 3 aromatic rings. The number of rotatable bonds is 2. The Morgan fingerprint density at radius 2 is 1.86 bits per heavy atom. The summed E-state index contributed by atoms with van der Waals surface area (Å²) in [5.41, 5.74) is 1.08. The number of hydrogen-bond donors (Lipinski definition) is 0. The Kier molecular flexibility index (Phi) is 3.83. The monoisotopic (exact) mass is 392 g/mol. The van der Waals surface area contributed by atoms with Crippen molar-refractivity contribution < 1.29 is 23.4 Å². The normalized spacial score (nSPS) is 24.0. The molecule has 2 aliphatic rings. The molecule has 1 aromatic heterocycles. The van der Waals surface area contributed by atoms with Gasteiger partial charge in [-0.25, -0.2) is 0 Å². The summed E-state index contributed by atoms with van der Waals surface area (Å²) in [6.07, 6.45) is -1.18. The fraction of sp³-hybridized carbons (Fsp3) is 0.304. The van der Waals surface area contributed by atoms with Crippen LogP contribution in [0.5, 0.6) is 5.75 Å². The van der Waals surface area contributed by atoms with Crippen LogP contribution >= 0.6 is 0 Å². The van der Waals surface area contributed by atoms with Gasteiger partial charge in [-0.15, -0.1) is 0 Å². The van der Waals surface area contributed by atoms with Crippen molar-refractivity contribution in [2.45, 2.75) is 44.7 Å². The van der Waals surface area contributed by atoms with Gasteiger partial charge in [0.15, 0.2) is 5.43 Å². The maximum atomic E-state index is 12.8. The van der Waals surface area contributed by atoms with Gasteiger partial charge in [0, 0.05) is 18.6 Å². The van der Waals surface area contributed by atoms with Crippen LogP contribution < -0.4 is 10.2 Å². The molecule has 0 unspecified atom stereocenters. The first-order valence-corrected chi connectivity index (χ1v) is 9.53. The van der Waals surface area contributed by atoms with E-state index in [1.165, 1.54) is 13.0 Å². The molecule has 3 heterocycles. The first-order chi connectivity index (χ1) is 13.8. The third-order valence-corrected chi connectivity index (χ3v) is 5.55. The molecule has 29 heavy (non-hydrogen) atoms. The van der Waals surface area contributed by atoms with Crippen LogP contribution in [0.3, 0.4) is 0 Å². The number of fused-ring (bicyclic) bond motifs is 5. The van der Waals surface area contributed by atoms with Crippen LogP contribution in [0.4, 0.5) is 0 Å². The van der Waals surface area contributed by atoms with Crippen molar-refractivity contribution in [1.82, 2.24) is 0 Å². The fourth-order valence-electron chi connectivity index (χ4n) is 4.30. The minimum Gasteiger partial charge on any atom is -0.464 e. The second-order valence-electron chi connectivity index (χ2n) is 7.96. The van der Waals surface area contributed by atoms with E-state index in [0.29, 0.717) is 28.0 Å². The minimum atomic E-state index is -0.738. The van der Waals surface area contributed by atoms with Gasteiger partial charge in [0.05, 0.1) is 16.9 Å². The Morgan fingerprint density at radius 1 is 1.10 bits per heavy atom. The average Bonchev–Trinajstić information content (AvgIpc) is 3.14. The summed E-state index contributed by atoms with van der Waals surface area (Å²) in [5, 5.41) is 0.457. The predicted molar refractivity (Wildman–Crippen MR) is 106 cm³/mol. The Labute approximate surface area is 167 Å². The summed E-state index contributed by atoms with van der Waals surface area (Å²) in [7, 11) is 0. The maximum Gasteiger partial charge on any atom is 0.303 e. The predicted octanol–water partition coefficient (Wildman–Crippen LogP) is 4.00. The van der Waals surface area contributed by atoms with Crippen LogP contribution in [-0.4, -0.2) is 24.0 Å². The molecule has 0 radical (unpaired) electrons. The van der Waals surface area contributed by atoms with Gasteiger partial charge in [-0.05, 0) is 26.0 Å². The zero-order valence-corrected chi connectivity index (χ0v) is 16.3.